The number of carbonyl (C=O) groups is 1. The van der Waals surface area contributed by atoms with Crippen LogP contribution in [0.3, 0.4) is 0 Å². The second-order valence-electron chi connectivity index (χ2n) is 3.40. The van der Waals surface area contributed by atoms with Crippen LogP contribution in [0.4, 0.5) is 4.39 Å². The summed E-state index contributed by atoms with van der Waals surface area (Å²) in [7, 11) is 0. The van der Waals surface area contributed by atoms with Crippen molar-refractivity contribution in [2.75, 3.05) is 0 Å². The van der Waals surface area contributed by atoms with Gasteiger partial charge in [-0.25, -0.2) is 9.37 Å². The lowest BCUT2D eigenvalue weighted by Crippen LogP contribution is -2.12. The SMILES string of the molecule is NC(=O)c1cccc(Oc2ccc(F)c(Br)c2)n1. The molecule has 2 rings (SSSR count). The standard InChI is InChI=1S/C12H8BrFN2O2/c13-8-6-7(4-5-9(8)14)18-11-3-1-2-10(16-11)12(15)17/h1-6H,(H2,15,17). The Labute approximate surface area is 111 Å². The molecular formula is C12H8BrFN2O2. The first kappa shape index (κ1) is 12.5. The van der Waals surface area contributed by atoms with E-state index in [0.29, 0.717) is 5.75 Å². The molecule has 6 heteroatoms. The molecule has 0 saturated carbocycles. The number of carbonyl (C=O) groups excluding carboxylic acids is 1. The fraction of sp³-hybridized carbons (Fsp3) is 0. The summed E-state index contributed by atoms with van der Waals surface area (Å²) in [5, 5.41) is 0. The van der Waals surface area contributed by atoms with Gasteiger partial charge in [-0.3, -0.25) is 4.79 Å². The van der Waals surface area contributed by atoms with Crippen LogP contribution in [0.2, 0.25) is 0 Å². The molecule has 0 atom stereocenters. The van der Waals surface area contributed by atoms with Gasteiger partial charge < -0.3 is 10.5 Å². The van der Waals surface area contributed by atoms with Crippen molar-refractivity contribution in [3.63, 3.8) is 0 Å². The van der Waals surface area contributed by atoms with Gasteiger partial charge in [0.1, 0.15) is 17.3 Å². The second kappa shape index (κ2) is 5.14. The van der Waals surface area contributed by atoms with Crippen LogP contribution in [0.15, 0.2) is 40.9 Å². The fourth-order valence-electron chi connectivity index (χ4n) is 1.27. The largest absolute Gasteiger partial charge is 0.439 e. The monoisotopic (exact) mass is 310 g/mol. The van der Waals surface area contributed by atoms with Crippen molar-refractivity contribution in [1.82, 2.24) is 4.98 Å². The normalized spacial score (nSPS) is 10.1. The fourth-order valence-corrected chi connectivity index (χ4v) is 1.63. The van der Waals surface area contributed by atoms with Crippen molar-refractivity contribution in [1.29, 1.82) is 0 Å². The zero-order chi connectivity index (χ0) is 13.1. The summed E-state index contributed by atoms with van der Waals surface area (Å²) in [6, 6.07) is 8.84. The molecule has 18 heavy (non-hydrogen) atoms. The van der Waals surface area contributed by atoms with E-state index in [2.05, 4.69) is 20.9 Å². The molecule has 0 bridgehead atoms. The maximum Gasteiger partial charge on any atom is 0.267 e. The molecule has 0 fully saturated rings. The highest BCUT2D eigenvalue weighted by Gasteiger charge is 2.06. The number of rotatable bonds is 3. The number of halogens is 2. The van der Waals surface area contributed by atoms with Crippen LogP contribution in [0.1, 0.15) is 10.5 Å². The molecule has 0 spiro atoms. The van der Waals surface area contributed by atoms with E-state index < -0.39 is 5.91 Å². The highest BCUT2D eigenvalue weighted by molar-refractivity contribution is 9.10. The van der Waals surface area contributed by atoms with Gasteiger partial charge in [0, 0.05) is 6.07 Å². The Morgan fingerprint density at radius 2 is 2.11 bits per heavy atom. The zero-order valence-electron chi connectivity index (χ0n) is 9.06. The van der Waals surface area contributed by atoms with Crippen LogP contribution < -0.4 is 10.5 Å². The van der Waals surface area contributed by atoms with Crippen molar-refractivity contribution in [3.05, 3.63) is 52.4 Å². The molecular weight excluding hydrogens is 303 g/mol. The number of aromatic nitrogens is 1. The minimum atomic E-state index is -0.638. The van der Waals surface area contributed by atoms with E-state index in [-0.39, 0.29) is 21.9 Å². The minimum Gasteiger partial charge on any atom is -0.439 e. The smallest absolute Gasteiger partial charge is 0.267 e. The molecule has 1 aromatic heterocycles. The van der Waals surface area contributed by atoms with Crippen molar-refractivity contribution in [3.8, 4) is 11.6 Å². The number of benzene rings is 1. The Morgan fingerprint density at radius 3 is 2.78 bits per heavy atom. The van der Waals surface area contributed by atoms with Crippen LogP contribution in [0.5, 0.6) is 11.6 Å². The van der Waals surface area contributed by atoms with E-state index in [0.717, 1.165) is 0 Å². The van der Waals surface area contributed by atoms with E-state index in [1.54, 1.807) is 12.1 Å². The maximum atomic E-state index is 13.0. The van der Waals surface area contributed by atoms with Gasteiger partial charge in [0.25, 0.3) is 5.91 Å². The topological polar surface area (TPSA) is 65.2 Å². The van der Waals surface area contributed by atoms with Gasteiger partial charge in [0.05, 0.1) is 4.47 Å². The molecule has 0 aliphatic rings. The summed E-state index contributed by atoms with van der Waals surface area (Å²) in [5.74, 6) is -0.413. The number of pyridine rings is 1. The minimum absolute atomic E-state index is 0.105. The van der Waals surface area contributed by atoms with E-state index in [9.17, 15) is 9.18 Å². The molecule has 92 valence electrons. The Kier molecular flexibility index (Phi) is 3.57. The molecule has 0 saturated heterocycles. The van der Waals surface area contributed by atoms with Gasteiger partial charge in [0.15, 0.2) is 0 Å². The van der Waals surface area contributed by atoms with Gasteiger partial charge in [-0.1, -0.05) is 6.07 Å². The van der Waals surface area contributed by atoms with Gasteiger partial charge in [0.2, 0.25) is 5.88 Å². The Hall–Kier alpha value is -1.95. The molecule has 0 aliphatic carbocycles. The van der Waals surface area contributed by atoms with Crippen LogP contribution in [0.25, 0.3) is 0 Å². The first-order chi connectivity index (χ1) is 8.56. The zero-order valence-corrected chi connectivity index (χ0v) is 10.6. The van der Waals surface area contributed by atoms with E-state index >= 15 is 0 Å². The number of nitrogens with two attached hydrogens (primary N) is 1. The summed E-state index contributed by atoms with van der Waals surface area (Å²) in [5.41, 5.74) is 5.21. The number of hydrogen-bond donors (Lipinski definition) is 1. The van der Waals surface area contributed by atoms with Crippen LogP contribution >= 0.6 is 15.9 Å². The third-order valence-electron chi connectivity index (χ3n) is 2.09. The molecule has 1 aromatic carbocycles. The Bertz CT molecular complexity index is 604. The van der Waals surface area contributed by atoms with Crippen molar-refractivity contribution >= 4 is 21.8 Å². The average molecular weight is 311 g/mol. The molecule has 1 heterocycles. The Balaban J connectivity index is 2.25. The number of nitrogens with zero attached hydrogens (tertiary/aromatic N) is 1. The first-order valence-electron chi connectivity index (χ1n) is 4.96. The van der Waals surface area contributed by atoms with Gasteiger partial charge in [-0.15, -0.1) is 0 Å². The second-order valence-corrected chi connectivity index (χ2v) is 4.26. The summed E-state index contributed by atoms with van der Waals surface area (Å²) in [6.07, 6.45) is 0. The van der Waals surface area contributed by atoms with Crippen LogP contribution in [0, 0.1) is 5.82 Å². The summed E-state index contributed by atoms with van der Waals surface area (Å²) in [4.78, 5) is 14.9. The predicted molar refractivity (Wildman–Crippen MR) is 66.9 cm³/mol. The molecule has 2 aromatic rings. The van der Waals surface area contributed by atoms with Gasteiger partial charge in [-0.05, 0) is 40.2 Å². The summed E-state index contributed by atoms with van der Waals surface area (Å²) < 4.78 is 18.7. The van der Waals surface area contributed by atoms with Crippen molar-refractivity contribution < 1.29 is 13.9 Å². The van der Waals surface area contributed by atoms with Crippen LogP contribution in [-0.2, 0) is 0 Å². The number of amides is 1. The van der Waals surface area contributed by atoms with Crippen molar-refractivity contribution in [2.45, 2.75) is 0 Å². The highest BCUT2D eigenvalue weighted by atomic mass is 79.9. The Morgan fingerprint density at radius 1 is 1.33 bits per heavy atom. The molecule has 2 N–H and O–H groups in total. The van der Waals surface area contributed by atoms with Gasteiger partial charge >= 0.3 is 0 Å². The lowest BCUT2D eigenvalue weighted by atomic mass is 10.3. The molecule has 1 amide bonds. The first-order valence-corrected chi connectivity index (χ1v) is 5.75. The van der Waals surface area contributed by atoms with E-state index in [1.807, 2.05) is 0 Å². The predicted octanol–water partition coefficient (Wildman–Crippen LogP) is 2.87. The van der Waals surface area contributed by atoms with E-state index in [4.69, 9.17) is 10.5 Å². The highest BCUT2D eigenvalue weighted by Crippen LogP contribution is 2.25. The lowest BCUT2D eigenvalue weighted by Gasteiger charge is -2.06. The molecule has 4 nitrogen and oxygen atoms in total. The van der Waals surface area contributed by atoms with Crippen molar-refractivity contribution in [2.24, 2.45) is 5.73 Å². The molecule has 0 radical (unpaired) electrons. The number of primary amides is 1. The van der Waals surface area contributed by atoms with E-state index in [1.165, 1.54) is 24.3 Å². The quantitative estimate of drug-likeness (QED) is 0.948. The third kappa shape index (κ3) is 2.84. The molecule has 0 unspecified atom stereocenters. The van der Waals surface area contributed by atoms with Gasteiger partial charge in [-0.2, -0.15) is 0 Å². The molecule has 0 aliphatic heterocycles. The summed E-state index contributed by atoms with van der Waals surface area (Å²) in [6.45, 7) is 0. The summed E-state index contributed by atoms with van der Waals surface area (Å²) >= 11 is 3.05. The number of ether oxygens (including phenoxy) is 1. The number of hydrogen-bond acceptors (Lipinski definition) is 3. The average Bonchev–Trinajstić information content (AvgIpc) is 2.34. The lowest BCUT2D eigenvalue weighted by molar-refractivity contribution is 0.0995. The third-order valence-corrected chi connectivity index (χ3v) is 2.70. The van der Waals surface area contributed by atoms with Crippen LogP contribution in [-0.4, -0.2) is 10.9 Å². The maximum absolute atomic E-state index is 13.0.